The molecule has 4 nitrogen and oxygen atoms in total. The molecule has 0 unspecified atom stereocenters. The van der Waals surface area contributed by atoms with Crippen molar-refractivity contribution in [3.63, 3.8) is 0 Å². The molecule has 0 N–H and O–H groups in total. The number of hydrogen-bond donors (Lipinski definition) is 0. The molecule has 1 aliphatic heterocycles. The predicted molar refractivity (Wildman–Crippen MR) is 78.6 cm³/mol. The molecule has 110 valence electrons. The second kappa shape index (κ2) is 5.39. The Morgan fingerprint density at radius 1 is 1.05 bits per heavy atom. The Labute approximate surface area is 122 Å². The first-order valence-electron chi connectivity index (χ1n) is 7.13. The summed E-state index contributed by atoms with van der Waals surface area (Å²) < 4.78 is 10.3. The van der Waals surface area contributed by atoms with E-state index in [4.69, 9.17) is 9.47 Å². The molecule has 0 radical (unpaired) electrons. The molecule has 2 rings (SSSR count). The van der Waals surface area contributed by atoms with Gasteiger partial charge in [-0.05, 0) is 0 Å². The Kier molecular flexibility index (Phi) is 4.14. The minimum absolute atomic E-state index is 0.279. The third-order valence-electron chi connectivity index (χ3n) is 3.82. The van der Waals surface area contributed by atoms with Crippen molar-refractivity contribution in [2.45, 2.75) is 38.2 Å². The Balaban J connectivity index is 2.32. The number of rotatable bonds is 4. The second-order valence-corrected chi connectivity index (χ2v) is 14.9. The first-order chi connectivity index (χ1) is 9.34. The van der Waals surface area contributed by atoms with Gasteiger partial charge in [-0.3, -0.25) is 0 Å². The van der Waals surface area contributed by atoms with Gasteiger partial charge in [0, 0.05) is 0 Å². The van der Waals surface area contributed by atoms with E-state index in [-0.39, 0.29) is 13.2 Å². The van der Waals surface area contributed by atoms with Gasteiger partial charge < -0.3 is 0 Å². The number of carbonyl (C=O) groups is 2. The summed E-state index contributed by atoms with van der Waals surface area (Å²) in [6.07, 6.45) is 0.871. The molecule has 1 heterocycles. The van der Waals surface area contributed by atoms with Gasteiger partial charge in [-0.15, -0.1) is 0 Å². The molecular weight excluding hydrogens is 317 g/mol. The fourth-order valence-electron chi connectivity index (χ4n) is 3.08. The summed E-state index contributed by atoms with van der Waals surface area (Å²) in [5.74, 6) is 3.71. The van der Waals surface area contributed by atoms with E-state index < -0.39 is 30.6 Å². The van der Waals surface area contributed by atoms with Crippen LogP contribution in [0.25, 0.3) is 0 Å². The molecule has 0 spiro atoms. The van der Waals surface area contributed by atoms with Crippen LogP contribution in [0.4, 0.5) is 0 Å². The molecular formula is C15H22GeO4. The zero-order valence-corrected chi connectivity index (χ0v) is 14.7. The van der Waals surface area contributed by atoms with E-state index in [9.17, 15) is 9.59 Å². The van der Waals surface area contributed by atoms with Crippen LogP contribution < -0.4 is 0 Å². The second-order valence-electron chi connectivity index (χ2n) is 6.04. The van der Waals surface area contributed by atoms with E-state index in [0.29, 0.717) is 12.8 Å². The molecule has 1 aliphatic carbocycles. The number of esters is 2. The Morgan fingerprint density at radius 2 is 1.45 bits per heavy atom. The molecule has 0 aromatic carbocycles. The molecule has 0 aromatic heterocycles. The van der Waals surface area contributed by atoms with Crippen molar-refractivity contribution in [2.75, 3.05) is 13.2 Å². The van der Waals surface area contributed by atoms with Crippen molar-refractivity contribution in [2.24, 2.45) is 5.41 Å². The van der Waals surface area contributed by atoms with Crippen LogP contribution in [-0.2, 0) is 19.1 Å². The zero-order valence-electron chi connectivity index (χ0n) is 12.6. The summed E-state index contributed by atoms with van der Waals surface area (Å²) in [6, 6.07) is 0. The van der Waals surface area contributed by atoms with Gasteiger partial charge >= 0.3 is 122 Å². The molecule has 0 bridgehead atoms. The van der Waals surface area contributed by atoms with E-state index in [1.165, 1.54) is 0 Å². The van der Waals surface area contributed by atoms with Gasteiger partial charge in [0.1, 0.15) is 0 Å². The van der Waals surface area contributed by atoms with E-state index in [1.807, 2.05) is 0 Å². The monoisotopic (exact) mass is 340 g/mol. The third kappa shape index (κ3) is 2.58. The van der Waals surface area contributed by atoms with Crippen LogP contribution in [-0.4, -0.2) is 38.4 Å². The van der Waals surface area contributed by atoms with E-state index in [2.05, 4.69) is 21.3 Å². The minimum atomic E-state index is -1.94. The van der Waals surface area contributed by atoms with E-state index in [0.717, 1.165) is 11.1 Å². The molecule has 20 heavy (non-hydrogen) atoms. The van der Waals surface area contributed by atoms with Gasteiger partial charge in [-0.1, -0.05) is 0 Å². The predicted octanol–water partition coefficient (Wildman–Crippen LogP) is 2.55. The molecule has 0 saturated heterocycles. The van der Waals surface area contributed by atoms with Crippen molar-refractivity contribution < 1.29 is 19.1 Å². The SMILES string of the molecule is CCOC(=O)C1(C(=O)OCC)CC2=[CH][Ge]([CH3])([CH3])[CH]=C2C1. The fraction of sp³-hybridized carbons (Fsp3) is 0.600. The van der Waals surface area contributed by atoms with Crippen LogP contribution in [0.1, 0.15) is 26.7 Å². The van der Waals surface area contributed by atoms with Crippen molar-refractivity contribution in [3.8, 4) is 0 Å². The van der Waals surface area contributed by atoms with E-state index in [1.54, 1.807) is 13.8 Å². The van der Waals surface area contributed by atoms with Gasteiger partial charge in [0.05, 0.1) is 0 Å². The Hall–Kier alpha value is -1.04. The standard InChI is InChI=1S/C15H22GeO4/c1-5-19-13(17)15(14(18)20-6-2)7-11-9-16(3,4)10-12(11)8-15/h9-10H,5-8H2,1-4H3. The summed E-state index contributed by atoms with van der Waals surface area (Å²) in [5, 5.41) is 0. The number of carbonyl (C=O) groups excluding carboxylic acids is 2. The molecule has 2 aliphatic rings. The van der Waals surface area contributed by atoms with Crippen LogP contribution in [0.3, 0.4) is 0 Å². The van der Waals surface area contributed by atoms with Gasteiger partial charge in [-0.25, -0.2) is 0 Å². The van der Waals surface area contributed by atoms with Gasteiger partial charge in [0.15, 0.2) is 0 Å². The van der Waals surface area contributed by atoms with Crippen LogP contribution in [0.2, 0.25) is 11.5 Å². The fourth-order valence-corrected chi connectivity index (χ4v) is 8.23. The molecule has 0 atom stereocenters. The third-order valence-corrected chi connectivity index (χ3v) is 8.41. The normalized spacial score (nSPS) is 21.8. The summed E-state index contributed by atoms with van der Waals surface area (Å²) in [6.45, 7) is 4.07. The summed E-state index contributed by atoms with van der Waals surface area (Å²) >= 11 is -1.94. The number of ether oxygens (including phenoxy) is 2. The van der Waals surface area contributed by atoms with Crippen molar-refractivity contribution in [1.29, 1.82) is 0 Å². The Bertz CT molecular complexity index is 458. The van der Waals surface area contributed by atoms with Gasteiger partial charge in [0.25, 0.3) is 0 Å². The first kappa shape index (κ1) is 15.4. The number of fused-ring (bicyclic) bond motifs is 1. The van der Waals surface area contributed by atoms with E-state index >= 15 is 0 Å². The van der Waals surface area contributed by atoms with Crippen molar-refractivity contribution in [1.82, 2.24) is 0 Å². The molecule has 5 heteroatoms. The average Bonchev–Trinajstić information content (AvgIpc) is 2.80. The van der Waals surface area contributed by atoms with Crippen LogP contribution in [0.5, 0.6) is 0 Å². The van der Waals surface area contributed by atoms with Crippen LogP contribution in [0, 0.1) is 5.41 Å². The molecule has 1 saturated carbocycles. The average molecular weight is 339 g/mol. The van der Waals surface area contributed by atoms with Crippen molar-refractivity contribution >= 4 is 25.2 Å². The van der Waals surface area contributed by atoms with Crippen molar-refractivity contribution in [3.05, 3.63) is 21.0 Å². The quantitative estimate of drug-likeness (QED) is 0.449. The summed E-state index contributed by atoms with van der Waals surface area (Å²) in [5.41, 5.74) is 1.18. The summed E-state index contributed by atoms with van der Waals surface area (Å²) in [4.78, 5) is 29.3. The maximum absolute atomic E-state index is 12.3. The van der Waals surface area contributed by atoms with Crippen LogP contribution in [0.15, 0.2) is 21.0 Å². The van der Waals surface area contributed by atoms with Crippen LogP contribution >= 0.6 is 0 Å². The topological polar surface area (TPSA) is 52.6 Å². The molecule has 1 fully saturated rings. The first-order valence-corrected chi connectivity index (χ1v) is 13.7. The van der Waals surface area contributed by atoms with Gasteiger partial charge in [0.2, 0.25) is 0 Å². The molecule has 0 aromatic rings. The number of allylic oxidation sites excluding steroid dienone is 2. The molecule has 0 amide bonds. The summed E-state index contributed by atoms with van der Waals surface area (Å²) in [7, 11) is 0. The number of hydrogen-bond acceptors (Lipinski definition) is 4. The maximum atomic E-state index is 12.3. The van der Waals surface area contributed by atoms with Gasteiger partial charge in [-0.2, -0.15) is 0 Å². The Morgan fingerprint density at radius 3 is 1.80 bits per heavy atom. The zero-order chi connectivity index (χ0) is 15.0.